The molecule has 2 N–H and O–H groups in total. The van der Waals surface area contributed by atoms with Crippen LogP contribution >= 0.6 is 0 Å². The minimum Gasteiger partial charge on any atom is -0.378 e. The SMILES string of the molecule is Cc1ccc(S(=O)(=O)[C@@H]2C[C@@H](C(N)=O)[C@H](C(=O)N3CCOCC3)C2)cc1. The molecule has 142 valence electrons. The Labute approximate surface area is 153 Å². The second kappa shape index (κ2) is 7.36. The molecule has 7 nitrogen and oxygen atoms in total. The van der Waals surface area contributed by atoms with E-state index >= 15 is 0 Å². The smallest absolute Gasteiger partial charge is 0.226 e. The Morgan fingerprint density at radius 3 is 2.23 bits per heavy atom. The molecular weight excluding hydrogens is 356 g/mol. The van der Waals surface area contributed by atoms with Crippen molar-refractivity contribution in [2.75, 3.05) is 26.3 Å². The van der Waals surface area contributed by atoms with E-state index in [0.717, 1.165) is 5.56 Å². The molecule has 0 bridgehead atoms. The van der Waals surface area contributed by atoms with Crippen LogP contribution in [0, 0.1) is 18.8 Å². The largest absolute Gasteiger partial charge is 0.378 e. The molecule has 3 rings (SSSR count). The minimum absolute atomic E-state index is 0.0896. The molecule has 1 saturated carbocycles. The van der Waals surface area contributed by atoms with E-state index in [1.54, 1.807) is 29.2 Å². The van der Waals surface area contributed by atoms with Crippen molar-refractivity contribution in [1.82, 2.24) is 4.90 Å². The van der Waals surface area contributed by atoms with Gasteiger partial charge in [0.2, 0.25) is 11.8 Å². The van der Waals surface area contributed by atoms with E-state index in [-0.39, 0.29) is 23.6 Å². The Morgan fingerprint density at radius 2 is 1.65 bits per heavy atom. The maximum absolute atomic E-state index is 13.0. The van der Waals surface area contributed by atoms with Crippen molar-refractivity contribution in [3.63, 3.8) is 0 Å². The third kappa shape index (κ3) is 3.61. The highest BCUT2D eigenvalue weighted by molar-refractivity contribution is 7.92. The second-order valence-corrected chi connectivity index (χ2v) is 9.23. The molecule has 0 aromatic heterocycles. The van der Waals surface area contributed by atoms with E-state index < -0.39 is 32.8 Å². The van der Waals surface area contributed by atoms with Crippen molar-refractivity contribution in [2.45, 2.75) is 29.9 Å². The number of nitrogens with zero attached hydrogens (tertiary/aromatic N) is 1. The summed E-state index contributed by atoms with van der Waals surface area (Å²) in [5, 5.41) is -0.780. The molecule has 26 heavy (non-hydrogen) atoms. The molecule has 0 spiro atoms. The van der Waals surface area contributed by atoms with E-state index in [2.05, 4.69) is 0 Å². The summed E-state index contributed by atoms with van der Waals surface area (Å²) in [6.07, 6.45) is 0.215. The number of nitrogens with two attached hydrogens (primary N) is 1. The van der Waals surface area contributed by atoms with Gasteiger partial charge in [0, 0.05) is 13.1 Å². The van der Waals surface area contributed by atoms with Crippen molar-refractivity contribution in [2.24, 2.45) is 17.6 Å². The fourth-order valence-electron chi connectivity index (χ4n) is 3.77. The summed E-state index contributed by atoms with van der Waals surface area (Å²) in [6, 6.07) is 6.62. The van der Waals surface area contributed by atoms with Crippen LogP contribution in [-0.4, -0.2) is 56.7 Å². The normalized spacial score (nSPS) is 26.7. The lowest BCUT2D eigenvalue weighted by Gasteiger charge is -2.30. The zero-order valence-electron chi connectivity index (χ0n) is 14.8. The zero-order valence-corrected chi connectivity index (χ0v) is 15.6. The monoisotopic (exact) mass is 380 g/mol. The third-order valence-electron chi connectivity index (χ3n) is 5.31. The minimum atomic E-state index is -3.62. The van der Waals surface area contributed by atoms with Crippen molar-refractivity contribution in [3.05, 3.63) is 29.8 Å². The summed E-state index contributed by atoms with van der Waals surface area (Å²) in [4.78, 5) is 26.6. The second-order valence-electron chi connectivity index (χ2n) is 7.00. The fourth-order valence-corrected chi connectivity index (χ4v) is 5.59. The van der Waals surface area contributed by atoms with E-state index in [1.807, 2.05) is 6.92 Å². The molecule has 1 aliphatic carbocycles. The Kier molecular flexibility index (Phi) is 5.34. The van der Waals surface area contributed by atoms with Crippen LogP contribution in [0.2, 0.25) is 0 Å². The highest BCUT2D eigenvalue weighted by Crippen LogP contribution is 2.39. The lowest BCUT2D eigenvalue weighted by atomic mass is 9.94. The molecule has 0 unspecified atom stereocenters. The molecule has 1 heterocycles. The number of aryl methyl sites for hydroxylation is 1. The molecule has 0 radical (unpaired) electrons. The number of carbonyl (C=O) groups is 2. The molecule has 8 heteroatoms. The van der Waals surface area contributed by atoms with Crippen LogP contribution in [-0.2, 0) is 24.2 Å². The maximum atomic E-state index is 13.0. The van der Waals surface area contributed by atoms with Crippen molar-refractivity contribution in [1.29, 1.82) is 0 Å². The van der Waals surface area contributed by atoms with Gasteiger partial charge in [-0.2, -0.15) is 0 Å². The number of rotatable bonds is 4. The molecule has 2 fully saturated rings. The predicted octanol–water partition coefficient (Wildman–Crippen LogP) is 0.508. The fraction of sp³-hybridized carbons (Fsp3) is 0.556. The Hall–Kier alpha value is -1.93. The molecular formula is C18H24N2O5S. The molecule has 1 aromatic carbocycles. The topological polar surface area (TPSA) is 107 Å². The van der Waals surface area contributed by atoms with Crippen LogP contribution in [0.4, 0.5) is 0 Å². The predicted molar refractivity (Wildman–Crippen MR) is 95.0 cm³/mol. The Balaban J connectivity index is 1.83. The van der Waals surface area contributed by atoms with Crippen LogP contribution in [0.1, 0.15) is 18.4 Å². The first-order chi connectivity index (χ1) is 12.3. The van der Waals surface area contributed by atoms with Gasteiger partial charge in [0.15, 0.2) is 9.84 Å². The summed E-state index contributed by atoms with van der Waals surface area (Å²) < 4.78 is 31.2. The summed E-state index contributed by atoms with van der Waals surface area (Å²) in [5.74, 6) is -2.25. The molecule has 1 aromatic rings. The number of primary amides is 1. The first-order valence-corrected chi connectivity index (χ1v) is 10.3. The first kappa shape index (κ1) is 18.8. The van der Waals surface area contributed by atoms with E-state index in [9.17, 15) is 18.0 Å². The number of hydrogen-bond acceptors (Lipinski definition) is 5. The zero-order chi connectivity index (χ0) is 18.9. The third-order valence-corrected chi connectivity index (χ3v) is 7.50. The summed E-state index contributed by atoms with van der Waals surface area (Å²) >= 11 is 0. The number of carbonyl (C=O) groups excluding carboxylic acids is 2. The summed E-state index contributed by atoms with van der Waals surface area (Å²) in [5.41, 5.74) is 6.45. The highest BCUT2D eigenvalue weighted by atomic mass is 32.2. The van der Waals surface area contributed by atoms with Gasteiger partial charge in [0.1, 0.15) is 0 Å². The van der Waals surface area contributed by atoms with Gasteiger partial charge in [-0.1, -0.05) is 17.7 Å². The quantitative estimate of drug-likeness (QED) is 0.819. The lowest BCUT2D eigenvalue weighted by molar-refractivity contribution is -0.143. The van der Waals surface area contributed by atoms with Gasteiger partial charge in [-0.25, -0.2) is 8.42 Å². The standard InChI is InChI=1S/C18H24N2O5S/c1-12-2-4-13(5-3-12)26(23,24)14-10-15(17(19)21)16(11-14)18(22)20-6-8-25-9-7-20/h2-5,14-16H,6-11H2,1H3,(H2,19,21)/t14-,15-,16-/m1/s1. The summed E-state index contributed by atoms with van der Waals surface area (Å²) in [6.45, 7) is 3.69. The first-order valence-electron chi connectivity index (χ1n) is 8.77. The van der Waals surface area contributed by atoms with Crippen molar-refractivity contribution < 1.29 is 22.7 Å². The molecule has 3 atom stereocenters. The number of sulfone groups is 1. The van der Waals surface area contributed by atoms with Gasteiger partial charge in [-0.3, -0.25) is 9.59 Å². The molecule has 1 aliphatic heterocycles. The van der Waals surface area contributed by atoms with Crippen molar-refractivity contribution >= 4 is 21.7 Å². The summed E-state index contributed by atoms with van der Waals surface area (Å²) in [7, 11) is -3.62. The maximum Gasteiger partial charge on any atom is 0.226 e. The van der Waals surface area contributed by atoms with Crippen molar-refractivity contribution in [3.8, 4) is 0 Å². The van der Waals surface area contributed by atoms with Gasteiger partial charge < -0.3 is 15.4 Å². The average molecular weight is 380 g/mol. The number of amides is 2. The van der Waals surface area contributed by atoms with Gasteiger partial charge in [-0.05, 0) is 31.9 Å². The van der Waals surface area contributed by atoms with Gasteiger partial charge in [0.05, 0.1) is 35.2 Å². The van der Waals surface area contributed by atoms with E-state index in [0.29, 0.717) is 26.3 Å². The number of morpholine rings is 1. The number of benzene rings is 1. The van der Waals surface area contributed by atoms with Crippen LogP contribution in [0.5, 0.6) is 0 Å². The van der Waals surface area contributed by atoms with Crippen LogP contribution < -0.4 is 5.73 Å². The Morgan fingerprint density at radius 1 is 1.08 bits per heavy atom. The molecule has 2 aliphatic rings. The van der Waals surface area contributed by atoms with E-state index in [1.165, 1.54) is 0 Å². The average Bonchev–Trinajstić information content (AvgIpc) is 3.09. The molecule has 1 saturated heterocycles. The van der Waals surface area contributed by atoms with Gasteiger partial charge >= 0.3 is 0 Å². The lowest BCUT2D eigenvalue weighted by Crippen LogP contribution is -2.46. The van der Waals surface area contributed by atoms with Crippen LogP contribution in [0.25, 0.3) is 0 Å². The highest BCUT2D eigenvalue weighted by Gasteiger charge is 2.48. The van der Waals surface area contributed by atoms with Crippen LogP contribution in [0.15, 0.2) is 29.2 Å². The number of ether oxygens (including phenoxy) is 1. The molecule has 2 amide bonds. The van der Waals surface area contributed by atoms with E-state index in [4.69, 9.17) is 10.5 Å². The number of hydrogen-bond donors (Lipinski definition) is 1. The Bertz CT molecular complexity index is 784. The van der Waals surface area contributed by atoms with Crippen LogP contribution in [0.3, 0.4) is 0 Å². The van der Waals surface area contributed by atoms with Gasteiger partial charge in [0.25, 0.3) is 0 Å². The van der Waals surface area contributed by atoms with Gasteiger partial charge in [-0.15, -0.1) is 0 Å².